The average molecular weight is 422 g/mol. The molecule has 0 aliphatic heterocycles. The van der Waals surface area contributed by atoms with Crippen molar-refractivity contribution in [2.75, 3.05) is 6.61 Å². The Labute approximate surface area is 163 Å². The number of nitrogens with one attached hydrogen (secondary N) is 3. The quantitative estimate of drug-likeness (QED) is 0.471. The van der Waals surface area contributed by atoms with Crippen LogP contribution in [0.1, 0.15) is 20.8 Å². The second-order valence-corrected chi connectivity index (χ2v) is 7.25. The Morgan fingerprint density at radius 3 is 2.64 bits per heavy atom. The second kappa shape index (κ2) is 8.78. The predicted octanol–water partition coefficient (Wildman–Crippen LogP) is 2.86. The minimum atomic E-state index is -3.19. The maximum absolute atomic E-state index is 14.1. The zero-order valence-corrected chi connectivity index (χ0v) is 16.2. The van der Waals surface area contributed by atoms with Crippen molar-refractivity contribution in [1.82, 2.24) is 19.9 Å². The van der Waals surface area contributed by atoms with E-state index >= 15 is 0 Å². The lowest BCUT2D eigenvalue weighted by atomic mass is 10.2. The lowest BCUT2D eigenvalue weighted by Crippen LogP contribution is -2.47. The summed E-state index contributed by atoms with van der Waals surface area (Å²) in [5.41, 5.74) is -0.616. The molecular weight excluding hydrogens is 401 g/mol. The minimum Gasteiger partial charge on any atom is -0.444 e. The maximum atomic E-state index is 14.1. The molecule has 0 radical (unpaired) electrons. The molecule has 8 nitrogen and oxygen atoms in total. The molecule has 2 rings (SSSR count). The van der Waals surface area contributed by atoms with Gasteiger partial charge in [0.2, 0.25) is 6.30 Å². The van der Waals surface area contributed by atoms with Crippen molar-refractivity contribution in [2.24, 2.45) is 0 Å². The van der Waals surface area contributed by atoms with Crippen LogP contribution < -0.4 is 10.9 Å². The standard InChI is InChI=1S/C16H21F3N4O4S/c1-16(2,3)27-15(25)21-12(19)10(11(17)18)26-7-6-23-8-4-5-20-9(8)13(24)22-14(23)28/h4-5,10-12,20H,6-7H2,1-3H3,(H,21,25)(H,22,24,28). The first-order valence-corrected chi connectivity index (χ1v) is 8.74. The van der Waals surface area contributed by atoms with E-state index in [9.17, 15) is 22.8 Å². The van der Waals surface area contributed by atoms with Crippen LogP contribution in [-0.4, -0.2) is 51.7 Å². The van der Waals surface area contributed by atoms with Gasteiger partial charge in [-0.3, -0.25) is 15.1 Å². The van der Waals surface area contributed by atoms with E-state index in [1.54, 1.807) is 32.2 Å². The van der Waals surface area contributed by atoms with E-state index < -0.39 is 36.1 Å². The number of halogens is 3. The second-order valence-electron chi connectivity index (χ2n) is 6.87. The van der Waals surface area contributed by atoms with Crippen molar-refractivity contribution < 1.29 is 27.4 Å². The van der Waals surface area contributed by atoms with Gasteiger partial charge < -0.3 is 19.0 Å². The van der Waals surface area contributed by atoms with E-state index in [1.165, 1.54) is 10.8 Å². The van der Waals surface area contributed by atoms with E-state index in [0.717, 1.165) is 0 Å². The fourth-order valence-electron chi connectivity index (χ4n) is 2.39. The molecule has 28 heavy (non-hydrogen) atoms. The summed E-state index contributed by atoms with van der Waals surface area (Å²) in [4.78, 5) is 28.5. The highest BCUT2D eigenvalue weighted by Gasteiger charge is 2.33. The van der Waals surface area contributed by atoms with E-state index in [4.69, 9.17) is 21.7 Å². The molecule has 156 valence electrons. The molecule has 0 saturated carbocycles. The van der Waals surface area contributed by atoms with E-state index in [2.05, 4.69) is 9.97 Å². The summed E-state index contributed by atoms with van der Waals surface area (Å²) in [6.07, 6.45) is -7.53. The summed E-state index contributed by atoms with van der Waals surface area (Å²) in [6, 6.07) is 1.59. The van der Waals surface area contributed by atoms with Gasteiger partial charge in [0.1, 0.15) is 11.1 Å². The van der Waals surface area contributed by atoms with Gasteiger partial charge in [0.25, 0.3) is 12.0 Å². The SMILES string of the molecule is CC(C)(C)OC(=O)NC(F)C(OCCn1c(=S)[nH]c(=O)c2[nH]ccc21)C(F)F. The van der Waals surface area contributed by atoms with Gasteiger partial charge in [0.15, 0.2) is 10.9 Å². The third-order valence-electron chi connectivity index (χ3n) is 3.53. The molecule has 2 aromatic heterocycles. The zero-order chi connectivity index (χ0) is 21.1. The molecule has 1 amide bonds. The van der Waals surface area contributed by atoms with Crippen LogP contribution in [0.5, 0.6) is 0 Å². The molecule has 3 N–H and O–H groups in total. The van der Waals surface area contributed by atoms with Crippen LogP contribution in [0.15, 0.2) is 17.1 Å². The van der Waals surface area contributed by atoms with Crippen LogP contribution in [0, 0.1) is 4.77 Å². The number of nitrogens with zero attached hydrogens (tertiary/aromatic N) is 1. The van der Waals surface area contributed by atoms with Crippen LogP contribution in [0.2, 0.25) is 0 Å². The lowest BCUT2D eigenvalue weighted by Gasteiger charge is -2.24. The summed E-state index contributed by atoms with van der Waals surface area (Å²) in [5.74, 6) is 0. The van der Waals surface area contributed by atoms with Gasteiger partial charge in [-0.2, -0.15) is 0 Å². The van der Waals surface area contributed by atoms with Gasteiger partial charge in [-0.25, -0.2) is 18.0 Å². The smallest absolute Gasteiger partial charge is 0.409 e. The summed E-state index contributed by atoms with van der Waals surface area (Å²) >= 11 is 5.06. The van der Waals surface area contributed by atoms with E-state index in [0.29, 0.717) is 5.52 Å². The molecule has 0 bridgehead atoms. The minimum absolute atomic E-state index is 0.0215. The zero-order valence-electron chi connectivity index (χ0n) is 15.4. The van der Waals surface area contributed by atoms with Gasteiger partial charge in [0, 0.05) is 12.7 Å². The monoisotopic (exact) mass is 422 g/mol. The number of aromatic nitrogens is 3. The molecule has 2 atom stereocenters. The van der Waals surface area contributed by atoms with Crippen molar-refractivity contribution in [3.05, 3.63) is 27.4 Å². The first kappa shape index (κ1) is 22.0. The normalized spacial score (nSPS) is 14.2. The van der Waals surface area contributed by atoms with E-state index in [1.807, 2.05) is 0 Å². The summed E-state index contributed by atoms with van der Waals surface area (Å²) < 4.78 is 51.7. The number of carbonyl (C=O) groups is 1. The summed E-state index contributed by atoms with van der Waals surface area (Å²) in [6.45, 7) is 4.29. The third-order valence-corrected chi connectivity index (χ3v) is 3.85. The number of alkyl halides is 3. The number of ether oxygens (including phenoxy) is 2. The number of carbonyl (C=O) groups excluding carboxylic acids is 1. The largest absolute Gasteiger partial charge is 0.444 e. The molecule has 0 saturated heterocycles. The summed E-state index contributed by atoms with van der Waals surface area (Å²) in [7, 11) is 0. The number of hydrogen-bond acceptors (Lipinski definition) is 5. The summed E-state index contributed by atoms with van der Waals surface area (Å²) in [5, 5.41) is 1.70. The predicted molar refractivity (Wildman–Crippen MR) is 97.8 cm³/mol. The molecule has 2 unspecified atom stereocenters. The fraction of sp³-hybridized carbons (Fsp3) is 0.562. The maximum Gasteiger partial charge on any atom is 0.409 e. The number of fused-ring (bicyclic) bond motifs is 1. The fourth-order valence-corrected chi connectivity index (χ4v) is 2.68. The highest BCUT2D eigenvalue weighted by molar-refractivity contribution is 7.71. The molecule has 12 heteroatoms. The molecular formula is C16H21F3N4O4S. The van der Waals surface area contributed by atoms with Gasteiger partial charge in [-0.1, -0.05) is 0 Å². The Morgan fingerprint density at radius 1 is 1.36 bits per heavy atom. The molecule has 2 aromatic rings. The first-order chi connectivity index (χ1) is 13.0. The van der Waals surface area contributed by atoms with Gasteiger partial charge in [-0.05, 0) is 39.1 Å². The van der Waals surface area contributed by atoms with E-state index in [-0.39, 0.29) is 23.4 Å². The Balaban J connectivity index is 2.03. The first-order valence-electron chi connectivity index (χ1n) is 8.33. The topological polar surface area (TPSA) is 101 Å². The van der Waals surface area contributed by atoms with Crippen molar-refractivity contribution in [3.8, 4) is 0 Å². The molecule has 0 fully saturated rings. The number of alkyl carbamates (subject to hydrolysis) is 1. The van der Waals surface area contributed by atoms with Gasteiger partial charge in [0.05, 0.1) is 12.1 Å². The van der Waals surface area contributed by atoms with Crippen LogP contribution in [0.4, 0.5) is 18.0 Å². The third kappa shape index (κ3) is 5.58. The van der Waals surface area contributed by atoms with Gasteiger partial charge in [-0.15, -0.1) is 0 Å². The average Bonchev–Trinajstić information content (AvgIpc) is 3.01. The molecule has 0 spiro atoms. The number of hydrogen-bond donors (Lipinski definition) is 3. The lowest BCUT2D eigenvalue weighted by molar-refractivity contribution is -0.101. The van der Waals surface area contributed by atoms with Crippen molar-refractivity contribution in [2.45, 2.75) is 51.7 Å². The van der Waals surface area contributed by atoms with Crippen LogP contribution in [0.25, 0.3) is 11.0 Å². The molecule has 0 aliphatic rings. The Kier molecular flexibility index (Phi) is 6.88. The highest BCUT2D eigenvalue weighted by atomic mass is 32.1. The Bertz CT molecular complexity index is 934. The number of H-pyrrole nitrogens is 2. The van der Waals surface area contributed by atoms with Crippen LogP contribution in [-0.2, 0) is 16.0 Å². The number of aromatic amines is 2. The Hall–Kier alpha value is -2.34. The number of rotatable bonds is 7. The van der Waals surface area contributed by atoms with Crippen molar-refractivity contribution in [3.63, 3.8) is 0 Å². The Morgan fingerprint density at radius 2 is 2.04 bits per heavy atom. The highest BCUT2D eigenvalue weighted by Crippen LogP contribution is 2.15. The number of amides is 1. The van der Waals surface area contributed by atoms with Crippen molar-refractivity contribution >= 4 is 29.3 Å². The molecule has 2 heterocycles. The molecule has 0 aliphatic carbocycles. The van der Waals surface area contributed by atoms with Crippen LogP contribution in [0.3, 0.4) is 0 Å². The van der Waals surface area contributed by atoms with Crippen molar-refractivity contribution in [1.29, 1.82) is 0 Å². The van der Waals surface area contributed by atoms with Crippen LogP contribution >= 0.6 is 12.2 Å². The van der Waals surface area contributed by atoms with Gasteiger partial charge >= 0.3 is 6.09 Å². The molecule has 0 aromatic carbocycles.